The average Bonchev–Trinajstić information content (AvgIpc) is 2.98. The number of carbonyl (C=O) groups excluding carboxylic acids is 1. The van der Waals surface area contributed by atoms with Crippen molar-refractivity contribution in [3.63, 3.8) is 0 Å². The van der Waals surface area contributed by atoms with Crippen LogP contribution in [0.2, 0.25) is 0 Å². The summed E-state index contributed by atoms with van der Waals surface area (Å²) in [5.41, 5.74) is 0.239. The van der Waals surface area contributed by atoms with Crippen molar-refractivity contribution in [3.05, 3.63) is 18.0 Å². The molecule has 1 aliphatic rings. The summed E-state index contributed by atoms with van der Waals surface area (Å²) in [7, 11) is -1.99. The molecule has 25 heavy (non-hydrogen) atoms. The number of carbonyl (C=O) groups is 2. The van der Waals surface area contributed by atoms with Crippen molar-refractivity contribution in [1.29, 1.82) is 0 Å². The Morgan fingerprint density at radius 3 is 2.44 bits per heavy atom. The molecule has 0 saturated carbocycles. The molecule has 0 aliphatic carbocycles. The topological polar surface area (TPSA) is 99.9 Å². The third kappa shape index (κ3) is 4.40. The minimum Gasteiger partial charge on any atom is -0.481 e. The fraction of sp³-hybridized carbons (Fsp3) is 0.625. The van der Waals surface area contributed by atoms with Crippen LogP contribution in [0, 0.1) is 0 Å². The van der Waals surface area contributed by atoms with Crippen LogP contribution in [0.25, 0.3) is 0 Å². The Morgan fingerprint density at radius 2 is 1.88 bits per heavy atom. The minimum atomic E-state index is -3.61. The van der Waals surface area contributed by atoms with Crippen LogP contribution in [0.5, 0.6) is 0 Å². The van der Waals surface area contributed by atoms with Crippen LogP contribution in [0.4, 0.5) is 0 Å². The Hall–Kier alpha value is -1.87. The molecular formula is C16H25N3O5S. The molecule has 1 aromatic heterocycles. The number of hydrogen-bond acceptors (Lipinski definition) is 4. The Morgan fingerprint density at radius 1 is 1.24 bits per heavy atom. The second-order valence-corrected chi connectivity index (χ2v) is 8.10. The molecule has 2 rings (SSSR count). The van der Waals surface area contributed by atoms with Crippen molar-refractivity contribution >= 4 is 21.9 Å². The SMILES string of the molecule is CCN(CCC(=O)O)C(=O)c1cc(S(=O)(=O)N2CCCCC2)cn1C. The molecule has 1 aliphatic heterocycles. The van der Waals surface area contributed by atoms with Crippen molar-refractivity contribution in [2.45, 2.75) is 37.5 Å². The summed E-state index contributed by atoms with van der Waals surface area (Å²) in [5, 5.41) is 8.79. The van der Waals surface area contributed by atoms with Crippen LogP contribution in [0.3, 0.4) is 0 Å². The van der Waals surface area contributed by atoms with E-state index in [0.717, 1.165) is 19.3 Å². The molecular weight excluding hydrogens is 346 g/mol. The lowest BCUT2D eigenvalue weighted by atomic mass is 10.2. The van der Waals surface area contributed by atoms with Crippen molar-refractivity contribution in [3.8, 4) is 0 Å². The minimum absolute atomic E-state index is 0.0874. The van der Waals surface area contributed by atoms with Gasteiger partial charge in [-0.25, -0.2) is 8.42 Å². The van der Waals surface area contributed by atoms with Gasteiger partial charge in [0.1, 0.15) is 10.6 Å². The maximum absolute atomic E-state index is 12.7. The fourth-order valence-corrected chi connectivity index (χ4v) is 4.53. The zero-order valence-corrected chi connectivity index (χ0v) is 15.5. The maximum atomic E-state index is 12.7. The van der Waals surface area contributed by atoms with Crippen LogP contribution >= 0.6 is 0 Å². The van der Waals surface area contributed by atoms with E-state index in [1.54, 1.807) is 14.0 Å². The van der Waals surface area contributed by atoms with Gasteiger partial charge >= 0.3 is 5.97 Å². The van der Waals surface area contributed by atoms with Crippen LogP contribution in [-0.4, -0.2) is 65.4 Å². The molecule has 8 nitrogen and oxygen atoms in total. The molecule has 1 aromatic rings. The summed E-state index contributed by atoms with van der Waals surface area (Å²) < 4.78 is 28.4. The Bertz CT molecular complexity index is 735. The van der Waals surface area contributed by atoms with Crippen LogP contribution in [-0.2, 0) is 21.9 Å². The summed E-state index contributed by atoms with van der Waals surface area (Å²) >= 11 is 0. The number of hydrogen-bond donors (Lipinski definition) is 1. The van der Waals surface area contributed by atoms with E-state index in [2.05, 4.69) is 0 Å². The van der Waals surface area contributed by atoms with Crippen molar-refractivity contribution < 1.29 is 23.1 Å². The Kier molecular flexibility index (Phi) is 6.23. The highest BCUT2D eigenvalue weighted by Crippen LogP contribution is 2.23. The van der Waals surface area contributed by atoms with Crippen LogP contribution < -0.4 is 0 Å². The van der Waals surface area contributed by atoms with Gasteiger partial charge in [0.25, 0.3) is 5.91 Å². The van der Waals surface area contributed by atoms with Gasteiger partial charge in [-0.3, -0.25) is 9.59 Å². The van der Waals surface area contributed by atoms with Gasteiger partial charge in [-0.2, -0.15) is 4.31 Å². The van der Waals surface area contributed by atoms with E-state index < -0.39 is 16.0 Å². The van der Waals surface area contributed by atoms with Gasteiger partial charge in [0.05, 0.1) is 6.42 Å². The zero-order valence-electron chi connectivity index (χ0n) is 14.6. The van der Waals surface area contributed by atoms with Gasteiger partial charge in [-0.05, 0) is 25.8 Å². The summed E-state index contributed by atoms with van der Waals surface area (Å²) in [5.74, 6) is -1.35. The van der Waals surface area contributed by atoms with Gasteiger partial charge in [0, 0.05) is 39.4 Å². The van der Waals surface area contributed by atoms with Gasteiger partial charge in [-0.1, -0.05) is 6.42 Å². The summed E-state index contributed by atoms with van der Waals surface area (Å²) in [4.78, 5) is 24.9. The molecule has 0 radical (unpaired) electrons. The molecule has 2 heterocycles. The number of aryl methyl sites for hydroxylation is 1. The fourth-order valence-electron chi connectivity index (χ4n) is 2.94. The van der Waals surface area contributed by atoms with E-state index in [-0.39, 0.29) is 29.5 Å². The first-order valence-electron chi connectivity index (χ1n) is 8.45. The second-order valence-electron chi connectivity index (χ2n) is 6.17. The molecule has 0 aromatic carbocycles. The average molecular weight is 371 g/mol. The number of aliphatic carboxylic acids is 1. The summed E-state index contributed by atoms with van der Waals surface area (Å²) in [6.45, 7) is 3.20. The third-order valence-corrected chi connectivity index (χ3v) is 6.28. The molecule has 0 bridgehead atoms. The molecule has 0 unspecified atom stereocenters. The molecule has 1 amide bonds. The smallest absolute Gasteiger partial charge is 0.305 e. The van der Waals surface area contributed by atoms with Crippen molar-refractivity contribution in [2.24, 2.45) is 7.05 Å². The molecule has 9 heteroatoms. The standard InChI is InChI=1S/C16H25N3O5S/c1-3-18(10-7-15(20)21)16(22)14-11-13(12-17(14)2)25(23,24)19-8-5-4-6-9-19/h11-12H,3-10H2,1-2H3,(H,20,21). The van der Waals surface area contributed by atoms with Gasteiger partial charge < -0.3 is 14.6 Å². The molecule has 0 atom stereocenters. The monoisotopic (exact) mass is 371 g/mol. The van der Waals surface area contributed by atoms with Gasteiger partial charge in [0.15, 0.2) is 0 Å². The molecule has 1 N–H and O–H groups in total. The number of amides is 1. The largest absolute Gasteiger partial charge is 0.481 e. The number of nitrogens with zero attached hydrogens (tertiary/aromatic N) is 3. The normalized spacial score (nSPS) is 15.9. The maximum Gasteiger partial charge on any atom is 0.305 e. The number of piperidine rings is 1. The number of rotatable bonds is 7. The highest BCUT2D eigenvalue weighted by Gasteiger charge is 2.29. The van der Waals surface area contributed by atoms with E-state index >= 15 is 0 Å². The first-order chi connectivity index (χ1) is 11.8. The highest BCUT2D eigenvalue weighted by atomic mass is 32.2. The number of aromatic nitrogens is 1. The lowest BCUT2D eigenvalue weighted by molar-refractivity contribution is -0.137. The first kappa shape index (κ1) is 19.5. The predicted octanol–water partition coefficient (Wildman–Crippen LogP) is 1.14. The highest BCUT2D eigenvalue weighted by molar-refractivity contribution is 7.89. The number of carboxylic acids is 1. The first-order valence-corrected chi connectivity index (χ1v) is 9.89. The van der Waals surface area contributed by atoms with Gasteiger partial charge in [0.2, 0.25) is 10.0 Å². The predicted molar refractivity (Wildman–Crippen MR) is 91.9 cm³/mol. The summed E-state index contributed by atoms with van der Waals surface area (Å²) in [6, 6.07) is 1.38. The van der Waals surface area contributed by atoms with Crippen molar-refractivity contribution in [2.75, 3.05) is 26.2 Å². The molecule has 140 valence electrons. The quantitative estimate of drug-likeness (QED) is 0.775. The van der Waals surface area contributed by atoms with Crippen LogP contribution in [0.1, 0.15) is 43.1 Å². The molecule has 1 fully saturated rings. The second kappa shape index (κ2) is 8.01. The van der Waals surface area contributed by atoms with E-state index in [1.807, 2.05) is 0 Å². The molecule has 0 spiro atoms. The Labute approximate surface area is 148 Å². The van der Waals surface area contributed by atoms with Crippen LogP contribution in [0.15, 0.2) is 17.2 Å². The van der Waals surface area contributed by atoms with E-state index in [1.165, 1.54) is 26.0 Å². The van der Waals surface area contributed by atoms with Crippen molar-refractivity contribution in [1.82, 2.24) is 13.8 Å². The van der Waals surface area contributed by atoms with E-state index in [4.69, 9.17) is 5.11 Å². The zero-order chi connectivity index (χ0) is 18.6. The number of carboxylic acid groups (broad SMARTS) is 1. The lowest BCUT2D eigenvalue weighted by Gasteiger charge is -2.25. The third-order valence-electron chi connectivity index (χ3n) is 4.42. The summed E-state index contributed by atoms with van der Waals surface area (Å²) in [6.07, 6.45) is 4.01. The van der Waals surface area contributed by atoms with E-state index in [0.29, 0.717) is 19.6 Å². The number of sulfonamides is 1. The molecule has 1 saturated heterocycles. The van der Waals surface area contributed by atoms with Gasteiger partial charge in [-0.15, -0.1) is 0 Å². The lowest BCUT2D eigenvalue weighted by Crippen LogP contribution is -2.35. The Balaban J connectivity index is 2.23. The van der Waals surface area contributed by atoms with E-state index in [9.17, 15) is 18.0 Å².